The number of carbonyl (C=O) groups excluding carboxylic acids is 1. The van der Waals surface area contributed by atoms with Crippen molar-refractivity contribution in [1.29, 1.82) is 0 Å². The van der Waals surface area contributed by atoms with Gasteiger partial charge in [0.1, 0.15) is 5.82 Å². The summed E-state index contributed by atoms with van der Waals surface area (Å²) in [6.45, 7) is 0.351. The minimum atomic E-state index is -0.218. The molecule has 0 fully saturated rings. The lowest BCUT2D eigenvalue weighted by molar-refractivity contribution is 0.0950. The Morgan fingerprint density at radius 3 is 2.50 bits per heavy atom. The Kier molecular flexibility index (Phi) is 6.34. The Labute approximate surface area is 168 Å². The number of nitrogens with one attached hydrogen (secondary N) is 2. The summed E-state index contributed by atoms with van der Waals surface area (Å²) in [5, 5.41) is 6.63. The van der Waals surface area contributed by atoms with Gasteiger partial charge in [0, 0.05) is 29.5 Å². The zero-order chi connectivity index (χ0) is 19.9. The number of nitrogens with zero attached hydrogens (tertiary/aromatic N) is 1. The molecule has 2 aromatic carbocycles. The summed E-state index contributed by atoms with van der Waals surface area (Å²) < 4.78 is 10.5. The minimum absolute atomic E-state index is 0.218. The van der Waals surface area contributed by atoms with Gasteiger partial charge in [0.25, 0.3) is 5.91 Å². The van der Waals surface area contributed by atoms with Gasteiger partial charge in [-0.25, -0.2) is 4.98 Å². The largest absolute Gasteiger partial charge is 0.493 e. The lowest BCUT2D eigenvalue weighted by Gasteiger charge is -2.11. The van der Waals surface area contributed by atoms with Crippen LogP contribution in [0.3, 0.4) is 0 Å². The molecular formula is C21H20ClN3O3. The summed E-state index contributed by atoms with van der Waals surface area (Å²) >= 11 is 6.10. The van der Waals surface area contributed by atoms with Crippen molar-refractivity contribution < 1.29 is 14.3 Å². The number of amides is 1. The molecule has 0 saturated carbocycles. The van der Waals surface area contributed by atoms with Crippen LogP contribution in [0.4, 0.5) is 11.5 Å². The molecule has 0 spiro atoms. The maximum atomic E-state index is 12.3. The zero-order valence-electron chi connectivity index (χ0n) is 15.5. The van der Waals surface area contributed by atoms with E-state index in [1.165, 1.54) is 6.20 Å². The van der Waals surface area contributed by atoms with Crippen LogP contribution in [0.5, 0.6) is 11.5 Å². The van der Waals surface area contributed by atoms with Crippen molar-refractivity contribution in [2.75, 3.05) is 19.5 Å². The topological polar surface area (TPSA) is 72.5 Å². The van der Waals surface area contributed by atoms with E-state index in [1.807, 2.05) is 30.3 Å². The highest BCUT2D eigenvalue weighted by atomic mass is 35.5. The number of pyridine rings is 1. The van der Waals surface area contributed by atoms with Crippen LogP contribution in [0.1, 0.15) is 15.9 Å². The first-order valence-corrected chi connectivity index (χ1v) is 8.95. The number of methoxy groups -OCH3 is 2. The van der Waals surface area contributed by atoms with Crippen molar-refractivity contribution in [3.05, 3.63) is 76.9 Å². The lowest BCUT2D eigenvalue weighted by Crippen LogP contribution is -2.23. The number of anilines is 2. The SMILES string of the molecule is COc1ccc(Nc2ccc(C(=O)NCc3ccccc3Cl)cn2)cc1OC. The summed E-state index contributed by atoms with van der Waals surface area (Å²) in [5.74, 6) is 1.65. The molecule has 6 nitrogen and oxygen atoms in total. The maximum Gasteiger partial charge on any atom is 0.253 e. The molecule has 0 aliphatic carbocycles. The smallest absolute Gasteiger partial charge is 0.253 e. The van der Waals surface area contributed by atoms with Crippen molar-refractivity contribution in [2.24, 2.45) is 0 Å². The second kappa shape index (κ2) is 9.10. The van der Waals surface area contributed by atoms with E-state index >= 15 is 0 Å². The molecule has 3 rings (SSSR count). The number of hydrogen-bond donors (Lipinski definition) is 2. The molecule has 1 heterocycles. The molecule has 28 heavy (non-hydrogen) atoms. The van der Waals surface area contributed by atoms with Crippen molar-refractivity contribution in [1.82, 2.24) is 10.3 Å². The van der Waals surface area contributed by atoms with Gasteiger partial charge < -0.3 is 20.1 Å². The molecule has 3 aromatic rings. The van der Waals surface area contributed by atoms with E-state index < -0.39 is 0 Å². The van der Waals surface area contributed by atoms with Crippen LogP contribution in [0.15, 0.2) is 60.8 Å². The van der Waals surface area contributed by atoms with E-state index in [2.05, 4.69) is 15.6 Å². The molecule has 0 aliphatic rings. The van der Waals surface area contributed by atoms with Crippen LogP contribution in [0.25, 0.3) is 0 Å². The molecule has 2 N–H and O–H groups in total. The quantitative estimate of drug-likeness (QED) is 0.617. The molecule has 0 saturated heterocycles. The van der Waals surface area contributed by atoms with Crippen molar-refractivity contribution in [3.63, 3.8) is 0 Å². The van der Waals surface area contributed by atoms with Gasteiger partial charge in [-0.3, -0.25) is 4.79 Å². The third kappa shape index (κ3) is 4.72. The van der Waals surface area contributed by atoms with Crippen LogP contribution in [0.2, 0.25) is 5.02 Å². The Hall–Kier alpha value is -3.25. The fourth-order valence-electron chi connectivity index (χ4n) is 2.58. The molecule has 0 bridgehead atoms. The summed E-state index contributed by atoms with van der Waals surface area (Å²) in [6.07, 6.45) is 1.52. The normalized spacial score (nSPS) is 10.2. The Bertz CT molecular complexity index is 961. The molecule has 0 aliphatic heterocycles. The van der Waals surface area contributed by atoms with E-state index in [9.17, 15) is 4.79 Å². The second-order valence-electron chi connectivity index (χ2n) is 5.90. The molecule has 0 unspecified atom stereocenters. The third-order valence-electron chi connectivity index (χ3n) is 4.08. The fraction of sp³-hybridized carbons (Fsp3) is 0.143. The lowest BCUT2D eigenvalue weighted by atomic mass is 10.2. The number of halogens is 1. The van der Waals surface area contributed by atoms with Crippen LogP contribution in [-0.4, -0.2) is 25.1 Å². The first-order valence-electron chi connectivity index (χ1n) is 8.57. The molecule has 7 heteroatoms. The van der Waals surface area contributed by atoms with Crippen LogP contribution in [-0.2, 0) is 6.54 Å². The number of ether oxygens (including phenoxy) is 2. The second-order valence-corrected chi connectivity index (χ2v) is 6.31. The molecule has 0 radical (unpaired) electrons. The average molecular weight is 398 g/mol. The van der Waals surface area contributed by atoms with E-state index in [0.717, 1.165) is 11.3 Å². The molecule has 1 amide bonds. The molecular weight excluding hydrogens is 378 g/mol. The van der Waals surface area contributed by atoms with E-state index in [-0.39, 0.29) is 5.91 Å². The first kappa shape index (κ1) is 19.5. The zero-order valence-corrected chi connectivity index (χ0v) is 16.3. The minimum Gasteiger partial charge on any atom is -0.493 e. The van der Waals surface area contributed by atoms with E-state index in [0.29, 0.717) is 34.4 Å². The van der Waals surface area contributed by atoms with Gasteiger partial charge in [0.2, 0.25) is 0 Å². The van der Waals surface area contributed by atoms with Gasteiger partial charge in [-0.15, -0.1) is 0 Å². The highest BCUT2D eigenvalue weighted by molar-refractivity contribution is 6.31. The maximum absolute atomic E-state index is 12.3. The fourth-order valence-corrected chi connectivity index (χ4v) is 2.79. The molecule has 1 aromatic heterocycles. The van der Waals surface area contributed by atoms with Crippen molar-refractivity contribution >= 4 is 29.0 Å². The third-order valence-corrected chi connectivity index (χ3v) is 4.45. The van der Waals surface area contributed by atoms with Gasteiger partial charge >= 0.3 is 0 Å². The standard InChI is InChI=1S/C21H20ClN3O3/c1-27-18-9-8-16(11-19(18)28-2)25-20-10-7-15(13-23-20)21(26)24-12-14-5-3-4-6-17(14)22/h3-11,13H,12H2,1-2H3,(H,23,25)(H,24,26). The number of aromatic nitrogens is 1. The average Bonchev–Trinajstić information content (AvgIpc) is 2.73. The number of carbonyl (C=O) groups is 1. The van der Waals surface area contributed by atoms with Crippen LogP contribution in [0, 0.1) is 0 Å². The predicted octanol–water partition coefficient (Wildman–Crippen LogP) is 4.43. The van der Waals surface area contributed by atoms with Crippen LogP contribution >= 0.6 is 11.6 Å². The van der Waals surface area contributed by atoms with Crippen LogP contribution < -0.4 is 20.1 Å². The highest BCUT2D eigenvalue weighted by Gasteiger charge is 2.09. The Morgan fingerprint density at radius 2 is 1.82 bits per heavy atom. The summed E-state index contributed by atoms with van der Waals surface area (Å²) in [4.78, 5) is 16.6. The van der Waals surface area contributed by atoms with Gasteiger partial charge in [0.15, 0.2) is 11.5 Å². The monoisotopic (exact) mass is 397 g/mol. The van der Waals surface area contributed by atoms with Gasteiger partial charge in [-0.05, 0) is 35.9 Å². The van der Waals surface area contributed by atoms with Gasteiger partial charge in [-0.1, -0.05) is 29.8 Å². The summed E-state index contributed by atoms with van der Waals surface area (Å²) in [7, 11) is 3.16. The molecule has 144 valence electrons. The van der Waals surface area contributed by atoms with Crippen molar-refractivity contribution in [3.8, 4) is 11.5 Å². The predicted molar refractivity (Wildman–Crippen MR) is 110 cm³/mol. The number of hydrogen-bond acceptors (Lipinski definition) is 5. The molecule has 0 atom stereocenters. The Morgan fingerprint density at radius 1 is 1.04 bits per heavy atom. The van der Waals surface area contributed by atoms with Gasteiger partial charge in [-0.2, -0.15) is 0 Å². The highest BCUT2D eigenvalue weighted by Crippen LogP contribution is 2.30. The number of rotatable bonds is 7. The van der Waals surface area contributed by atoms with Crippen molar-refractivity contribution in [2.45, 2.75) is 6.54 Å². The number of benzene rings is 2. The van der Waals surface area contributed by atoms with E-state index in [1.54, 1.807) is 38.5 Å². The summed E-state index contributed by atoms with van der Waals surface area (Å²) in [5.41, 5.74) is 2.11. The first-order chi connectivity index (χ1) is 13.6. The van der Waals surface area contributed by atoms with Gasteiger partial charge in [0.05, 0.1) is 19.8 Å². The summed E-state index contributed by atoms with van der Waals surface area (Å²) in [6, 6.07) is 16.3. The van der Waals surface area contributed by atoms with E-state index in [4.69, 9.17) is 21.1 Å². The Balaban J connectivity index is 1.63.